The number of amides is 1. The molecule has 8 heteroatoms. The van der Waals surface area contributed by atoms with Crippen molar-refractivity contribution in [1.29, 1.82) is 0 Å². The molecule has 0 aliphatic carbocycles. The first kappa shape index (κ1) is 15.8. The average molecular weight is 321 g/mol. The highest BCUT2D eigenvalue weighted by Crippen LogP contribution is 2.38. The van der Waals surface area contributed by atoms with Crippen LogP contribution < -0.4 is 0 Å². The lowest BCUT2D eigenvalue weighted by atomic mass is 9.96. The van der Waals surface area contributed by atoms with Gasteiger partial charge in [0.1, 0.15) is 0 Å². The van der Waals surface area contributed by atoms with E-state index in [1.165, 1.54) is 11.3 Å². The summed E-state index contributed by atoms with van der Waals surface area (Å²) in [6, 6.07) is 1.74. The minimum Gasteiger partial charge on any atom is -0.481 e. The van der Waals surface area contributed by atoms with Crippen molar-refractivity contribution in [3.8, 4) is 0 Å². The summed E-state index contributed by atoms with van der Waals surface area (Å²) in [5.74, 6) is -6.16. The van der Waals surface area contributed by atoms with E-state index in [0.717, 1.165) is 10.5 Å². The van der Waals surface area contributed by atoms with Gasteiger partial charge in [-0.1, -0.05) is 0 Å². The summed E-state index contributed by atoms with van der Waals surface area (Å²) < 4.78 is 38.6. The molecule has 1 aromatic rings. The third-order valence-corrected chi connectivity index (χ3v) is 4.48. The van der Waals surface area contributed by atoms with Crippen LogP contribution in [0, 0.1) is 11.8 Å². The molecule has 0 spiro atoms. The Kier molecular flexibility index (Phi) is 4.27. The van der Waals surface area contributed by atoms with Gasteiger partial charge in [-0.05, 0) is 29.3 Å². The first-order valence-corrected chi connectivity index (χ1v) is 7.26. The van der Waals surface area contributed by atoms with Crippen LogP contribution in [0.2, 0.25) is 0 Å². The molecule has 1 aromatic heterocycles. The second-order valence-electron chi connectivity index (χ2n) is 5.11. The molecule has 116 valence electrons. The lowest BCUT2D eigenvalue weighted by Gasteiger charge is -2.21. The Morgan fingerprint density at radius 1 is 1.43 bits per heavy atom. The molecule has 3 atom stereocenters. The monoisotopic (exact) mass is 321 g/mol. The van der Waals surface area contributed by atoms with E-state index in [0.29, 0.717) is 0 Å². The summed E-state index contributed by atoms with van der Waals surface area (Å²) in [5, 5.41) is 12.5. The van der Waals surface area contributed by atoms with E-state index >= 15 is 0 Å². The predicted octanol–water partition coefficient (Wildman–Crippen LogP) is 2.57. The SMILES string of the molecule is CC(C(=O)N1C[C@@H](C(F)(F)F)[C@H](C(=O)O)C1)c1ccsc1. The van der Waals surface area contributed by atoms with E-state index in [1.807, 2.05) is 0 Å². The molecule has 1 N–H and O–H groups in total. The normalized spacial score (nSPS) is 24.1. The standard InChI is InChI=1S/C13H14F3NO3S/c1-7(8-2-3-21-6-8)11(18)17-4-9(12(19)20)10(5-17)13(14,15)16/h2-3,6-7,9-10H,4-5H2,1H3,(H,19,20)/t7?,9-,10-/m1/s1. The predicted molar refractivity (Wildman–Crippen MR) is 70.0 cm³/mol. The van der Waals surface area contributed by atoms with Crippen molar-refractivity contribution >= 4 is 23.2 Å². The van der Waals surface area contributed by atoms with Crippen LogP contribution in [0.5, 0.6) is 0 Å². The number of hydrogen-bond acceptors (Lipinski definition) is 3. The summed E-state index contributed by atoms with van der Waals surface area (Å²) in [5.41, 5.74) is 0.729. The van der Waals surface area contributed by atoms with E-state index in [9.17, 15) is 22.8 Å². The first-order chi connectivity index (χ1) is 9.71. The largest absolute Gasteiger partial charge is 0.481 e. The van der Waals surface area contributed by atoms with Crippen molar-refractivity contribution in [2.24, 2.45) is 11.8 Å². The van der Waals surface area contributed by atoms with Gasteiger partial charge < -0.3 is 10.0 Å². The second kappa shape index (κ2) is 5.67. The zero-order valence-corrected chi connectivity index (χ0v) is 11.9. The third kappa shape index (κ3) is 3.20. The summed E-state index contributed by atoms with van der Waals surface area (Å²) in [6.45, 7) is 0.627. The fraction of sp³-hybridized carbons (Fsp3) is 0.538. The number of carboxylic acid groups (broad SMARTS) is 1. The highest BCUT2D eigenvalue weighted by Gasteiger charge is 2.53. The van der Waals surface area contributed by atoms with Crippen molar-refractivity contribution in [1.82, 2.24) is 4.90 Å². The van der Waals surface area contributed by atoms with Crippen LogP contribution in [0.25, 0.3) is 0 Å². The Balaban J connectivity index is 2.15. The Labute approximate surface area is 123 Å². The van der Waals surface area contributed by atoms with Gasteiger partial charge in [-0.25, -0.2) is 0 Å². The van der Waals surface area contributed by atoms with Crippen LogP contribution in [0.15, 0.2) is 16.8 Å². The van der Waals surface area contributed by atoms with Gasteiger partial charge in [-0.3, -0.25) is 9.59 Å². The number of carbonyl (C=O) groups is 2. The maximum absolute atomic E-state index is 12.9. The highest BCUT2D eigenvalue weighted by atomic mass is 32.1. The minimum absolute atomic E-state index is 0.396. The number of alkyl halides is 3. The fourth-order valence-corrected chi connectivity index (χ4v) is 3.26. The van der Waals surface area contributed by atoms with Crippen LogP contribution in [0.4, 0.5) is 13.2 Å². The van der Waals surface area contributed by atoms with Gasteiger partial charge >= 0.3 is 12.1 Å². The number of nitrogens with zero attached hydrogens (tertiary/aromatic N) is 1. The van der Waals surface area contributed by atoms with Crippen molar-refractivity contribution in [3.05, 3.63) is 22.4 Å². The summed E-state index contributed by atoms with van der Waals surface area (Å²) in [6.07, 6.45) is -4.62. The molecular formula is C13H14F3NO3S. The Bertz CT molecular complexity index is 529. The average Bonchev–Trinajstić information content (AvgIpc) is 3.05. The van der Waals surface area contributed by atoms with Crippen LogP contribution in [0.3, 0.4) is 0 Å². The number of rotatable bonds is 3. The van der Waals surface area contributed by atoms with E-state index in [2.05, 4.69) is 0 Å². The van der Waals surface area contributed by atoms with Crippen molar-refractivity contribution in [2.75, 3.05) is 13.1 Å². The molecule has 1 fully saturated rings. The van der Waals surface area contributed by atoms with Gasteiger partial charge in [-0.2, -0.15) is 24.5 Å². The molecule has 1 amide bonds. The fourth-order valence-electron chi connectivity index (χ4n) is 2.50. The van der Waals surface area contributed by atoms with Crippen molar-refractivity contribution in [2.45, 2.75) is 19.0 Å². The molecule has 21 heavy (non-hydrogen) atoms. The number of carboxylic acids is 1. The molecule has 4 nitrogen and oxygen atoms in total. The van der Waals surface area contributed by atoms with E-state index in [4.69, 9.17) is 5.11 Å². The Morgan fingerprint density at radius 3 is 2.52 bits per heavy atom. The number of hydrogen-bond donors (Lipinski definition) is 1. The summed E-state index contributed by atoms with van der Waals surface area (Å²) in [4.78, 5) is 24.3. The molecule has 1 aliphatic heterocycles. The highest BCUT2D eigenvalue weighted by molar-refractivity contribution is 7.08. The Morgan fingerprint density at radius 2 is 2.10 bits per heavy atom. The molecule has 2 rings (SSSR count). The molecule has 0 radical (unpaired) electrons. The van der Waals surface area contributed by atoms with Gasteiger partial charge in [0.25, 0.3) is 0 Å². The third-order valence-electron chi connectivity index (χ3n) is 3.78. The quantitative estimate of drug-likeness (QED) is 0.931. The van der Waals surface area contributed by atoms with Gasteiger partial charge in [0.15, 0.2) is 0 Å². The van der Waals surface area contributed by atoms with Crippen molar-refractivity contribution in [3.63, 3.8) is 0 Å². The topological polar surface area (TPSA) is 57.6 Å². The number of halogens is 3. The number of carbonyl (C=O) groups excluding carboxylic acids is 1. The van der Waals surface area contributed by atoms with Crippen LogP contribution in [-0.4, -0.2) is 41.1 Å². The maximum Gasteiger partial charge on any atom is 0.394 e. The van der Waals surface area contributed by atoms with E-state index in [-0.39, 0.29) is 0 Å². The van der Waals surface area contributed by atoms with Crippen LogP contribution in [-0.2, 0) is 9.59 Å². The first-order valence-electron chi connectivity index (χ1n) is 6.32. The van der Waals surface area contributed by atoms with Crippen LogP contribution in [0.1, 0.15) is 18.4 Å². The molecule has 0 aromatic carbocycles. The van der Waals surface area contributed by atoms with Crippen LogP contribution >= 0.6 is 11.3 Å². The lowest BCUT2D eigenvalue weighted by Crippen LogP contribution is -2.34. The molecular weight excluding hydrogens is 307 g/mol. The van der Waals surface area contributed by atoms with E-state index < -0.39 is 48.9 Å². The molecule has 1 saturated heterocycles. The van der Waals surface area contributed by atoms with E-state index in [1.54, 1.807) is 23.8 Å². The molecule has 2 heterocycles. The molecule has 0 bridgehead atoms. The summed E-state index contributed by atoms with van der Waals surface area (Å²) in [7, 11) is 0. The van der Waals surface area contributed by atoms with Gasteiger partial charge in [0.05, 0.1) is 17.8 Å². The minimum atomic E-state index is -4.62. The van der Waals surface area contributed by atoms with Gasteiger partial charge in [0.2, 0.25) is 5.91 Å². The Hall–Kier alpha value is -1.57. The number of thiophene rings is 1. The molecule has 1 aliphatic rings. The maximum atomic E-state index is 12.9. The van der Waals surface area contributed by atoms with Gasteiger partial charge in [-0.15, -0.1) is 0 Å². The number of likely N-dealkylation sites (tertiary alicyclic amines) is 1. The smallest absolute Gasteiger partial charge is 0.394 e. The summed E-state index contributed by atoms with van der Waals surface area (Å²) >= 11 is 1.39. The van der Waals surface area contributed by atoms with Crippen molar-refractivity contribution < 1.29 is 27.9 Å². The second-order valence-corrected chi connectivity index (χ2v) is 5.89. The zero-order chi connectivity index (χ0) is 15.8. The lowest BCUT2D eigenvalue weighted by molar-refractivity contribution is -0.188. The number of aliphatic carboxylic acids is 1. The zero-order valence-electron chi connectivity index (χ0n) is 11.1. The molecule has 1 unspecified atom stereocenters. The van der Waals surface area contributed by atoms with Gasteiger partial charge in [0, 0.05) is 13.1 Å². The molecule has 0 saturated carbocycles.